The molecule has 0 radical (unpaired) electrons. The lowest BCUT2D eigenvalue weighted by atomic mass is 10.1. The number of ether oxygens (including phenoxy) is 1. The molecule has 4 N–H and O–H groups in total. The molecule has 1 fully saturated rings. The zero-order chi connectivity index (χ0) is 18.2. The minimum atomic E-state index is -0.183. The Balaban J connectivity index is 1.44. The van der Waals surface area contributed by atoms with Crippen molar-refractivity contribution in [2.45, 2.75) is 19.4 Å². The molecule has 26 heavy (non-hydrogen) atoms. The number of carbonyl (C=O) groups excluding carboxylic acids is 1. The lowest BCUT2D eigenvalue weighted by molar-refractivity contribution is 0.0343. The predicted octanol–water partition coefficient (Wildman–Crippen LogP) is 2.31. The molecule has 7 nitrogen and oxygen atoms in total. The third-order valence-corrected chi connectivity index (χ3v) is 4.95. The van der Waals surface area contributed by atoms with Crippen molar-refractivity contribution < 1.29 is 9.53 Å². The number of benzene rings is 1. The van der Waals surface area contributed by atoms with Crippen LogP contribution in [-0.2, 0) is 17.7 Å². The quantitative estimate of drug-likeness (QED) is 0.646. The summed E-state index contributed by atoms with van der Waals surface area (Å²) in [6.45, 7) is 4.77. The fraction of sp³-hybridized carbons (Fsp3) is 0.444. The molecular weight excluding hydrogens is 350 g/mol. The van der Waals surface area contributed by atoms with E-state index in [9.17, 15) is 4.79 Å². The number of amides is 2. The van der Waals surface area contributed by atoms with Crippen LogP contribution in [0.4, 0.5) is 15.6 Å². The lowest BCUT2D eigenvalue weighted by Crippen LogP contribution is -2.36. The highest BCUT2D eigenvalue weighted by atomic mass is 32.1. The van der Waals surface area contributed by atoms with Gasteiger partial charge in [0.1, 0.15) is 0 Å². The summed E-state index contributed by atoms with van der Waals surface area (Å²) in [5.41, 5.74) is 8.56. The Morgan fingerprint density at radius 1 is 1.31 bits per heavy atom. The Labute approximate surface area is 157 Å². The second-order valence-electron chi connectivity index (χ2n) is 6.21. The zero-order valence-electron chi connectivity index (χ0n) is 14.7. The summed E-state index contributed by atoms with van der Waals surface area (Å²) in [5, 5.41) is 8.40. The summed E-state index contributed by atoms with van der Waals surface area (Å²) in [7, 11) is 0. The lowest BCUT2D eigenvalue weighted by Gasteiger charge is -2.27. The SMILES string of the molecule is Nc1nc(CCCNC(=O)Nc2ccccc2CN2CCOCC2)cs1. The van der Waals surface area contributed by atoms with Gasteiger partial charge >= 0.3 is 6.03 Å². The molecule has 0 aliphatic carbocycles. The van der Waals surface area contributed by atoms with Crippen molar-refractivity contribution >= 4 is 28.2 Å². The highest BCUT2D eigenvalue weighted by molar-refractivity contribution is 7.13. The van der Waals surface area contributed by atoms with Gasteiger partial charge in [-0.2, -0.15) is 0 Å². The first kappa shape index (κ1) is 18.6. The number of rotatable bonds is 7. The molecule has 2 amide bonds. The van der Waals surface area contributed by atoms with Gasteiger partial charge in [0, 0.05) is 37.2 Å². The van der Waals surface area contributed by atoms with Crippen molar-refractivity contribution in [1.82, 2.24) is 15.2 Å². The maximum absolute atomic E-state index is 12.2. The number of hydrogen-bond acceptors (Lipinski definition) is 6. The van der Waals surface area contributed by atoms with E-state index in [1.807, 2.05) is 23.6 Å². The van der Waals surface area contributed by atoms with Crippen LogP contribution < -0.4 is 16.4 Å². The second kappa shape index (κ2) is 9.51. The Morgan fingerprint density at radius 2 is 2.12 bits per heavy atom. The van der Waals surface area contributed by atoms with Gasteiger partial charge in [-0.3, -0.25) is 4.90 Å². The van der Waals surface area contributed by atoms with E-state index in [0.29, 0.717) is 11.7 Å². The second-order valence-corrected chi connectivity index (χ2v) is 7.10. The molecule has 8 heteroatoms. The number of anilines is 2. The Morgan fingerprint density at radius 3 is 2.88 bits per heavy atom. The topological polar surface area (TPSA) is 92.5 Å². The fourth-order valence-electron chi connectivity index (χ4n) is 2.86. The summed E-state index contributed by atoms with van der Waals surface area (Å²) in [6, 6.07) is 7.74. The molecule has 0 bridgehead atoms. The fourth-order valence-corrected chi connectivity index (χ4v) is 3.45. The van der Waals surface area contributed by atoms with E-state index in [1.165, 1.54) is 11.3 Å². The number of carbonyl (C=O) groups is 1. The van der Waals surface area contributed by atoms with Crippen LogP contribution in [0.25, 0.3) is 0 Å². The molecule has 0 atom stereocenters. The van der Waals surface area contributed by atoms with Crippen molar-refractivity contribution in [3.05, 3.63) is 40.9 Å². The Bertz CT molecular complexity index is 715. The molecule has 1 saturated heterocycles. The number of nitrogens with one attached hydrogen (secondary N) is 2. The number of morpholine rings is 1. The summed E-state index contributed by atoms with van der Waals surface area (Å²) in [5.74, 6) is 0. The minimum Gasteiger partial charge on any atom is -0.379 e. The van der Waals surface area contributed by atoms with Crippen LogP contribution in [0.3, 0.4) is 0 Å². The highest BCUT2D eigenvalue weighted by Gasteiger charge is 2.13. The van der Waals surface area contributed by atoms with Crippen LogP contribution in [0.15, 0.2) is 29.6 Å². The van der Waals surface area contributed by atoms with Gasteiger partial charge in [-0.25, -0.2) is 9.78 Å². The maximum atomic E-state index is 12.2. The van der Waals surface area contributed by atoms with Crippen LogP contribution in [0.2, 0.25) is 0 Å². The van der Waals surface area contributed by atoms with E-state index in [0.717, 1.165) is 62.6 Å². The summed E-state index contributed by atoms with van der Waals surface area (Å²) in [4.78, 5) is 18.7. The molecule has 3 rings (SSSR count). The van der Waals surface area contributed by atoms with Crippen LogP contribution in [0, 0.1) is 0 Å². The number of thiazole rings is 1. The molecule has 2 aromatic rings. The number of para-hydroxylation sites is 1. The molecule has 1 aromatic heterocycles. The highest BCUT2D eigenvalue weighted by Crippen LogP contribution is 2.18. The van der Waals surface area contributed by atoms with Gasteiger partial charge in [0.2, 0.25) is 0 Å². The summed E-state index contributed by atoms with van der Waals surface area (Å²) in [6.07, 6.45) is 1.63. The summed E-state index contributed by atoms with van der Waals surface area (Å²) < 4.78 is 5.39. The standard InChI is InChI=1S/C18H25N5O2S/c19-17-21-15(13-26-17)5-3-7-20-18(24)22-16-6-2-1-4-14(16)12-23-8-10-25-11-9-23/h1-2,4,6,13H,3,5,7-12H2,(H2,19,21)(H2,20,22,24). The molecular formula is C18H25N5O2S. The van der Waals surface area contributed by atoms with E-state index < -0.39 is 0 Å². The van der Waals surface area contributed by atoms with Crippen LogP contribution >= 0.6 is 11.3 Å². The van der Waals surface area contributed by atoms with Gasteiger partial charge < -0.3 is 21.1 Å². The number of nitrogens with zero attached hydrogens (tertiary/aromatic N) is 2. The van der Waals surface area contributed by atoms with Crippen LogP contribution in [0.5, 0.6) is 0 Å². The molecule has 2 heterocycles. The number of aryl methyl sites for hydroxylation is 1. The molecule has 0 spiro atoms. The number of nitrogen functional groups attached to an aromatic ring is 1. The van der Waals surface area contributed by atoms with Crippen molar-refractivity contribution in [1.29, 1.82) is 0 Å². The van der Waals surface area contributed by atoms with Gasteiger partial charge in [-0.15, -0.1) is 11.3 Å². The third-order valence-electron chi connectivity index (χ3n) is 4.23. The van der Waals surface area contributed by atoms with Gasteiger partial charge in [0.05, 0.1) is 18.9 Å². The molecule has 1 aliphatic heterocycles. The number of urea groups is 1. The van der Waals surface area contributed by atoms with Crippen molar-refractivity contribution in [3.63, 3.8) is 0 Å². The maximum Gasteiger partial charge on any atom is 0.319 e. The molecule has 1 aromatic carbocycles. The normalized spacial score (nSPS) is 14.9. The zero-order valence-corrected chi connectivity index (χ0v) is 15.6. The first-order valence-electron chi connectivity index (χ1n) is 8.83. The largest absolute Gasteiger partial charge is 0.379 e. The van der Waals surface area contributed by atoms with Crippen molar-refractivity contribution in [2.75, 3.05) is 43.9 Å². The van der Waals surface area contributed by atoms with Gasteiger partial charge in [-0.1, -0.05) is 18.2 Å². The average Bonchev–Trinajstić information content (AvgIpc) is 3.07. The molecule has 0 saturated carbocycles. The van der Waals surface area contributed by atoms with Crippen molar-refractivity contribution in [2.24, 2.45) is 0 Å². The third kappa shape index (κ3) is 5.69. The number of nitrogens with two attached hydrogens (primary N) is 1. The predicted molar refractivity (Wildman–Crippen MR) is 104 cm³/mol. The Kier molecular flexibility index (Phi) is 6.82. The van der Waals surface area contributed by atoms with E-state index in [2.05, 4.69) is 26.6 Å². The summed E-state index contributed by atoms with van der Waals surface area (Å²) >= 11 is 1.44. The van der Waals surface area contributed by atoms with Crippen LogP contribution in [-0.4, -0.2) is 48.8 Å². The van der Waals surface area contributed by atoms with E-state index in [1.54, 1.807) is 0 Å². The van der Waals surface area contributed by atoms with Gasteiger partial charge in [0.15, 0.2) is 5.13 Å². The van der Waals surface area contributed by atoms with Gasteiger partial charge in [0.25, 0.3) is 0 Å². The first-order chi connectivity index (χ1) is 12.7. The van der Waals surface area contributed by atoms with E-state index in [-0.39, 0.29) is 6.03 Å². The monoisotopic (exact) mass is 375 g/mol. The smallest absolute Gasteiger partial charge is 0.319 e. The molecule has 1 aliphatic rings. The van der Waals surface area contributed by atoms with Crippen LogP contribution in [0.1, 0.15) is 17.7 Å². The first-order valence-corrected chi connectivity index (χ1v) is 9.71. The van der Waals surface area contributed by atoms with Gasteiger partial charge in [-0.05, 0) is 24.5 Å². The van der Waals surface area contributed by atoms with Crippen molar-refractivity contribution in [3.8, 4) is 0 Å². The average molecular weight is 375 g/mol. The minimum absolute atomic E-state index is 0.183. The van der Waals surface area contributed by atoms with E-state index >= 15 is 0 Å². The Hall–Kier alpha value is -2.16. The molecule has 140 valence electrons. The molecule has 0 unspecified atom stereocenters. The number of hydrogen-bond donors (Lipinski definition) is 3. The van der Waals surface area contributed by atoms with E-state index in [4.69, 9.17) is 10.5 Å². The number of aromatic nitrogens is 1.